The van der Waals surface area contributed by atoms with Crippen LogP contribution in [0.15, 0.2) is 47.5 Å². The predicted molar refractivity (Wildman–Crippen MR) is 135 cm³/mol. The van der Waals surface area contributed by atoms with E-state index in [0.29, 0.717) is 23.0 Å². The lowest BCUT2D eigenvalue weighted by atomic mass is 10.1. The highest BCUT2D eigenvalue weighted by atomic mass is 35.5. The quantitative estimate of drug-likeness (QED) is 0.355. The molecule has 2 aliphatic heterocycles. The van der Waals surface area contributed by atoms with E-state index in [-0.39, 0.29) is 28.5 Å². The fourth-order valence-electron chi connectivity index (χ4n) is 4.61. The van der Waals surface area contributed by atoms with Crippen molar-refractivity contribution in [2.45, 2.75) is 31.2 Å². The Morgan fingerprint density at radius 1 is 1.26 bits per heavy atom. The molecule has 38 heavy (non-hydrogen) atoms. The largest absolute Gasteiger partial charge is 0.468 e. The number of amides is 2. The molecule has 13 heteroatoms. The monoisotopic (exact) mass is 564 g/mol. The molecule has 3 aromatic rings. The van der Waals surface area contributed by atoms with Crippen molar-refractivity contribution in [2.75, 3.05) is 13.7 Å². The van der Waals surface area contributed by atoms with Gasteiger partial charge in [-0.3, -0.25) is 24.0 Å². The predicted octanol–water partition coefficient (Wildman–Crippen LogP) is 4.70. The molecule has 5 rings (SSSR count). The van der Waals surface area contributed by atoms with Gasteiger partial charge in [0.2, 0.25) is 0 Å². The van der Waals surface area contributed by atoms with Crippen molar-refractivity contribution in [1.82, 2.24) is 20.0 Å². The van der Waals surface area contributed by atoms with E-state index in [1.54, 1.807) is 24.3 Å². The molecule has 0 saturated carbocycles. The molecule has 2 amide bonds. The first-order valence-electron chi connectivity index (χ1n) is 11.4. The molecule has 3 heterocycles. The molecule has 0 bridgehead atoms. The van der Waals surface area contributed by atoms with Crippen molar-refractivity contribution in [3.05, 3.63) is 69.2 Å². The van der Waals surface area contributed by atoms with E-state index in [0.717, 1.165) is 22.7 Å². The van der Waals surface area contributed by atoms with E-state index in [2.05, 4.69) is 10.4 Å². The number of nitrogens with one attached hydrogen (secondary N) is 1. The highest BCUT2D eigenvalue weighted by Crippen LogP contribution is 2.36. The molecule has 1 aromatic heterocycles. The Kier molecular flexibility index (Phi) is 6.97. The first-order valence-corrected chi connectivity index (χ1v) is 12.6. The third kappa shape index (κ3) is 5.03. The van der Waals surface area contributed by atoms with E-state index >= 15 is 0 Å². The van der Waals surface area contributed by atoms with E-state index < -0.39 is 40.9 Å². The summed E-state index contributed by atoms with van der Waals surface area (Å²) in [5.74, 6) is -0.898. The third-order valence-corrected chi connectivity index (χ3v) is 7.56. The number of aromatic nitrogens is 2. The second kappa shape index (κ2) is 10.1. The Labute approximate surface area is 223 Å². The van der Waals surface area contributed by atoms with Crippen LogP contribution in [0, 0.1) is 0 Å². The summed E-state index contributed by atoms with van der Waals surface area (Å²) in [5, 5.41) is 7.44. The van der Waals surface area contributed by atoms with Crippen LogP contribution in [0.3, 0.4) is 0 Å². The molecule has 198 valence electrons. The van der Waals surface area contributed by atoms with Crippen LogP contribution < -0.4 is 5.32 Å². The smallest absolute Gasteiger partial charge is 0.416 e. The Balaban J connectivity index is 1.36. The van der Waals surface area contributed by atoms with Gasteiger partial charge in [-0.1, -0.05) is 23.7 Å². The number of alkyl halides is 3. The van der Waals surface area contributed by atoms with E-state index in [4.69, 9.17) is 16.3 Å². The van der Waals surface area contributed by atoms with Gasteiger partial charge in [-0.25, -0.2) is 0 Å². The molecule has 2 saturated heterocycles. The Morgan fingerprint density at radius 2 is 2.05 bits per heavy atom. The van der Waals surface area contributed by atoms with Crippen LogP contribution >= 0.6 is 23.4 Å². The number of hydrogen-bond donors (Lipinski definition) is 1. The molecule has 2 aliphatic rings. The van der Waals surface area contributed by atoms with Crippen LogP contribution in [0.25, 0.3) is 17.0 Å². The molecule has 0 aliphatic carbocycles. The molecule has 0 spiro atoms. The number of carbonyl (C=O) groups excluding carboxylic acids is 3. The second-order valence-electron chi connectivity index (χ2n) is 8.84. The third-order valence-electron chi connectivity index (χ3n) is 6.44. The van der Waals surface area contributed by atoms with E-state index in [1.807, 2.05) is 0 Å². The van der Waals surface area contributed by atoms with Crippen LogP contribution in [-0.4, -0.2) is 57.5 Å². The Bertz CT molecular complexity index is 1490. The number of rotatable bonds is 5. The van der Waals surface area contributed by atoms with Crippen LogP contribution in [-0.2, 0) is 27.0 Å². The number of ether oxygens (including phenoxy) is 1. The summed E-state index contributed by atoms with van der Waals surface area (Å²) < 4.78 is 46.7. The highest BCUT2D eigenvalue weighted by Gasteiger charge is 2.44. The normalized spacial score (nSPS) is 21.2. The Hall–Kier alpha value is -3.35. The second-order valence-corrected chi connectivity index (χ2v) is 10.3. The van der Waals surface area contributed by atoms with Gasteiger partial charge < -0.3 is 10.1 Å². The summed E-state index contributed by atoms with van der Waals surface area (Å²) in [4.78, 5) is 38.8. The zero-order valence-electron chi connectivity index (χ0n) is 19.8. The topological polar surface area (TPSA) is 93.5 Å². The average Bonchev–Trinajstić information content (AvgIpc) is 3.57. The minimum atomic E-state index is -4.56. The molecule has 2 aromatic carbocycles. The number of imide groups is 1. The average molecular weight is 565 g/mol. The lowest BCUT2D eigenvalue weighted by Gasteiger charge is -2.19. The first-order chi connectivity index (χ1) is 18.0. The number of thioether (sulfide) groups is 1. The van der Waals surface area contributed by atoms with Gasteiger partial charge in [0.25, 0.3) is 11.1 Å². The number of nitrogens with zero attached hydrogens (tertiary/aromatic N) is 3. The van der Waals surface area contributed by atoms with Gasteiger partial charge in [0.05, 0.1) is 41.9 Å². The van der Waals surface area contributed by atoms with Gasteiger partial charge in [-0.15, -0.1) is 0 Å². The lowest BCUT2D eigenvalue weighted by molar-refractivity contribution is -0.143. The number of halogens is 4. The summed E-state index contributed by atoms with van der Waals surface area (Å²) in [5.41, 5.74) is 0.433. The van der Waals surface area contributed by atoms with Crippen molar-refractivity contribution in [3.8, 4) is 0 Å². The summed E-state index contributed by atoms with van der Waals surface area (Å²) in [6.45, 7) is 0.176. The van der Waals surface area contributed by atoms with Crippen LogP contribution in [0.5, 0.6) is 0 Å². The Morgan fingerprint density at radius 3 is 2.79 bits per heavy atom. The summed E-state index contributed by atoms with van der Waals surface area (Å²) >= 11 is 6.59. The summed E-state index contributed by atoms with van der Waals surface area (Å²) in [6, 6.07) is 7.72. The van der Waals surface area contributed by atoms with Gasteiger partial charge >= 0.3 is 12.1 Å². The van der Waals surface area contributed by atoms with Crippen molar-refractivity contribution in [3.63, 3.8) is 0 Å². The van der Waals surface area contributed by atoms with Gasteiger partial charge in [0, 0.05) is 17.0 Å². The van der Waals surface area contributed by atoms with Crippen molar-refractivity contribution in [1.29, 1.82) is 0 Å². The van der Waals surface area contributed by atoms with E-state index in [9.17, 15) is 27.6 Å². The van der Waals surface area contributed by atoms with Crippen molar-refractivity contribution in [2.24, 2.45) is 0 Å². The molecule has 2 atom stereocenters. The standard InChI is InChI=1S/C25H20ClF3N4O4S/c1-37-23(35)19-9-17(11-30-19)33-22(34)21(38-24(33)36)7-13-2-5-20-15(6-13)10-31-32(20)12-14-3-4-16(26)8-18(14)25(27,28)29/h2-8,10,17,19,30H,9,11-12H2,1H3/b21-7-/t17-,19+/m1/s1. The molecular formula is C25H20ClF3N4O4S. The number of methoxy groups -OCH3 is 1. The minimum Gasteiger partial charge on any atom is -0.468 e. The zero-order chi connectivity index (χ0) is 27.2. The van der Waals surface area contributed by atoms with Gasteiger partial charge in [0.1, 0.15) is 6.04 Å². The molecule has 2 fully saturated rings. The van der Waals surface area contributed by atoms with Crippen molar-refractivity contribution >= 4 is 57.5 Å². The molecule has 8 nitrogen and oxygen atoms in total. The van der Waals surface area contributed by atoms with Crippen molar-refractivity contribution < 1.29 is 32.3 Å². The minimum absolute atomic E-state index is 0.00655. The fraction of sp³-hybridized carbons (Fsp3) is 0.280. The molecular weight excluding hydrogens is 545 g/mol. The molecule has 0 radical (unpaired) electrons. The van der Waals surface area contributed by atoms with Gasteiger partial charge in [-0.2, -0.15) is 18.3 Å². The number of fused-ring (bicyclic) bond motifs is 1. The zero-order valence-corrected chi connectivity index (χ0v) is 21.4. The number of carbonyl (C=O) groups is 3. The number of benzene rings is 2. The fourth-order valence-corrected chi connectivity index (χ4v) is 5.69. The maximum atomic E-state index is 13.5. The van der Waals surface area contributed by atoms with E-state index in [1.165, 1.54) is 30.1 Å². The first kappa shape index (κ1) is 26.3. The molecule has 1 N–H and O–H groups in total. The SMILES string of the molecule is COC(=O)[C@@H]1C[C@@H](N2C(=O)S/C(=C\c3ccc4c(cnn4Cc4ccc(Cl)cc4C(F)(F)F)c3)C2=O)CN1. The van der Waals surface area contributed by atoms with Crippen LogP contribution in [0.1, 0.15) is 23.1 Å². The number of esters is 1. The lowest BCUT2D eigenvalue weighted by Crippen LogP contribution is -2.39. The maximum Gasteiger partial charge on any atom is 0.416 e. The van der Waals surface area contributed by atoms with Gasteiger partial charge in [0.15, 0.2) is 0 Å². The van der Waals surface area contributed by atoms with Gasteiger partial charge in [-0.05, 0) is 59.7 Å². The summed E-state index contributed by atoms with van der Waals surface area (Å²) in [6.07, 6.45) is -1.18. The highest BCUT2D eigenvalue weighted by molar-refractivity contribution is 8.18. The molecule has 0 unspecified atom stereocenters. The maximum absolute atomic E-state index is 13.5. The van der Waals surface area contributed by atoms with Crippen LogP contribution in [0.4, 0.5) is 18.0 Å². The number of hydrogen-bond acceptors (Lipinski definition) is 7. The summed E-state index contributed by atoms with van der Waals surface area (Å²) in [7, 11) is 1.28. The van der Waals surface area contributed by atoms with Crippen LogP contribution in [0.2, 0.25) is 5.02 Å².